The summed E-state index contributed by atoms with van der Waals surface area (Å²) in [6, 6.07) is 6.53. The Morgan fingerprint density at radius 1 is 1.29 bits per heavy atom. The third-order valence-electron chi connectivity index (χ3n) is 3.55. The van der Waals surface area contributed by atoms with Crippen LogP contribution in [0.3, 0.4) is 0 Å². The molecular weight excluding hydrogens is 333 g/mol. The van der Waals surface area contributed by atoms with Crippen LogP contribution in [-0.4, -0.2) is 15.3 Å². The van der Waals surface area contributed by atoms with Gasteiger partial charge in [-0.25, -0.2) is 4.39 Å². The van der Waals surface area contributed by atoms with Crippen LogP contribution in [0.15, 0.2) is 28.7 Å². The van der Waals surface area contributed by atoms with E-state index in [1.165, 1.54) is 12.1 Å². The lowest BCUT2D eigenvalue weighted by Gasteiger charge is -2.25. The topological polar surface area (TPSA) is 43.8 Å². The number of halogens is 2. The fourth-order valence-corrected chi connectivity index (χ4v) is 2.98. The Balaban J connectivity index is 2.19. The molecule has 2 N–H and O–H groups in total. The van der Waals surface area contributed by atoms with Gasteiger partial charge in [0.15, 0.2) is 0 Å². The fourth-order valence-electron chi connectivity index (χ4n) is 2.55. The molecule has 3 nitrogen and oxygen atoms in total. The zero-order valence-corrected chi connectivity index (χ0v) is 14.2. The number of aryl methyl sites for hydroxylation is 2. The Kier molecular flexibility index (Phi) is 4.84. The van der Waals surface area contributed by atoms with E-state index >= 15 is 0 Å². The number of hydrogen-bond donors (Lipinski definition) is 1. The molecule has 1 aromatic carbocycles. The Hall–Kier alpha value is -1.20. The number of nitrogens with two attached hydrogens (primary N) is 1. The molecule has 0 amide bonds. The summed E-state index contributed by atoms with van der Waals surface area (Å²) in [5, 5.41) is 4.50. The molecular formula is C16H21BrFN3. The molecule has 0 radical (unpaired) electrons. The first-order valence-corrected chi connectivity index (χ1v) is 7.87. The van der Waals surface area contributed by atoms with Gasteiger partial charge in [-0.2, -0.15) is 5.10 Å². The lowest BCUT2D eigenvalue weighted by Crippen LogP contribution is -2.41. The fraction of sp³-hybridized carbons (Fsp3) is 0.438. The van der Waals surface area contributed by atoms with Crippen molar-refractivity contribution in [1.29, 1.82) is 0 Å². The van der Waals surface area contributed by atoms with E-state index in [4.69, 9.17) is 5.73 Å². The molecule has 114 valence electrons. The van der Waals surface area contributed by atoms with Crippen LogP contribution in [0.5, 0.6) is 0 Å². The summed E-state index contributed by atoms with van der Waals surface area (Å²) in [4.78, 5) is 0. The van der Waals surface area contributed by atoms with Crippen LogP contribution in [0.25, 0.3) is 0 Å². The maximum atomic E-state index is 13.0. The molecule has 0 aliphatic rings. The Morgan fingerprint density at radius 3 is 2.48 bits per heavy atom. The molecule has 0 saturated heterocycles. The first kappa shape index (κ1) is 16.2. The van der Waals surface area contributed by atoms with Crippen molar-refractivity contribution in [3.63, 3.8) is 0 Å². The quantitative estimate of drug-likeness (QED) is 0.891. The van der Waals surface area contributed by atoms with E-state index in [1.807, 2.05) is 18.5 Å². The second-order valence-corrected chi connectivity index (χ2v) is 6.59. The zero-order chi connectivity index (χ0) is 15.6. The molecule has 21 heavy (non-hydrogen) atoms. The Bertz CT molecular complexity index is 617. The summed E-state index contributed by atoms with van der Waals surface area (Å²) in [6.45, 7) is 6.88. The van der Waals surface area contributed by atoms with Crippen LogP contribution >= 0.6 is 15.9 Å². The highest BCUT2D eigenvalue weighted by molar-refractivity contribution is 9.10. The number of nitrogens with zero attached hydrogens (tertiary/aromatic N) is 2. The van der Waals surface area contributed by atoms with E-state index in [-0.39, 0.29) is 5.82 Å². The maximum absolute atomic E-state index is 13.0. The van der Waals surface area contributed by atoms with Gasteiger partial charge in [-0.1, -0.05) is 12.1 Å². The lowest BCUT2D eigenvalue weighted by atomic mass is 9.89. The smallest absolute Gasteiger partial charge is 0.123 e. The maximum Gasteiger partial charge on any atom is 0.123 e. The summed E-state index contributed by atoms with van der Waals surface area (Å²) in [5.41, 5.74) is 9.18. The first-order valence-electron chi connectivity index (χ1n) is 7.07. The Labute approximate surface area is 133 Å². The van der Waals surface area contributed by atoms with Gasteiger partial charge in [-0.3, -0.25) is 4.68 Å². The largest absolute Gasteiger partial charge is 0.325 e. The molecule has 1 atom stereocenters. The minimum absolute atomic E-state index is 0.222. The molecule has 2 aromatic rings. The lowest BCUT2D eigenvalue weighted by molar-refractivity contribution is 0.440. The van der Waals surface area contributed by atoms with Crippen molar-refractivity contribution in [1.82, 2.24) is 9.78 Å². The predicted molar refractivity (Wildman–Crippen MR) is 86.7 cm³/mol. The Morgan fingerprint density at radius 2 is 1.90 bits per heavy atom. The van der Waals surface area contributed by atoms with Gasteiger partial charge in [0.05, 0.1) is 15.9 Å². The first-order chi connectivity index (χ1) is 9.82. The highest BCUT2D eigenvalue weighted by Gasteiger charge is 2.24. The van der Waals surface area contributed by atoms with Crippen molar-refractivity contribution < 1.29 is 4.39 Å². The van der Waals surface area contributed by atoms with Gasteiger partial charge in [-0.15, -0.1) is 0 Å². The summed E-state index contributed by atoms with van der Waals surface area (Å²) in [6.07, 6.45) is 1.40. The van der Waals surface area contributed by atoms with E-state index in [9.17, 15) is 4.39 Å². The van der Waals surface area contributed by atoms with Crippen molar-refractivity contribution in [2.45, 2.75) is 45.7 Å². The summed E-state index contributed by atoms with van der Waals surface area (Å²) < 4.78 is 16.0. The molecule has 5 heteroatoms. The van der Waals surface area contributed by atoms with Crippen molar-refractivity contribution in [2.24, 2.45) is 5.73 Å². The van der Waals surface area contributed by atoms with Crippen LogP contribution in [-0.2, 0) is 19.4 Å². The zero-order valence-electron chi connectivity index (χ0n) is 12.7. The normalized spacial score (nSPS) is 14.2. The van der Waals surface area contributed by atoms with Crippen molar-refractivity contribution in [2.75, 3.05) is 0 Å². The predicted octanol–water partition coefficient (Wildman–Crippen LogP) is 3.62. The van der Waals surface area contributed by atoms with Crippen molar-refractivity contribution in [3.05, 3.63) is 51.5 Å². The minimum atomic E-state index is -0.417. The molecule has 1 aromatic heterocycles. The molecule has 1 heterocycles. The number of hydrogen-bond acceptors (Lipinski definition) is 2. The molecule has 2 rings (SSSR count). The van der Waals surface area contributed by atoms with Crippen LogP contribution in [0.2, 0.25) is 0 Å². The number of benzene rings is 1. The van der Waals surface area contributed by atoms with E-state index in [1.54, 1.807) is 12.1 Å². The van der Waals surface area contributed by atoms with Gasteiger partial charge >= 0.3 is 0 Å². The summed E-state index contributed by atoms with van der Waals surface area (Å²) in [7, 11) is 0. The van der Waals surface area contributed by atoms with E-state index < -0.39 is 5.54 Å². The highest BCUT2D eigenvalue weighted by Crippen LogP contribution is 2.26. The van der Waals surface area contributed by atoms with Crippen LogP contribution in [0.4, 0.5) is 4.39 Å². The average Bonchev–Trinajstić information content (AvgIpc) is 2.68. The highest BCUT2D eigenvalue weighted by atomic mass is 79.9. The van der Waals surface area contributed by atoms with Crippen LogP contribution < -0.4 is 5.73 Å². The van der Waals surface area contributed by atoms with E-state index in [0.29, 0.717) is 12.8 Å². The van der Waals surface area contributed by atoms with Gasteiger partial charge < -0.3 is 5.73 Å². The van der Waals surface area contributed by atoms with Gasteiger partial charge in [0.2, 0.25) is 0 Å². The monoisotopic (exact) mass is 353 g/mol. The molecule has 0 saturated carbocycles. The van der Waals surface area contributed by atoms with Crippen molar-refractivity contribution in [3.8, 4) is 0 Å². The molecule has 0 aliphatic carbocycles. The van der Waals surface area contributed by atoms with E-state index in [2.05, 4.69) is 28.0 Å². The van der Waals surface area contributed by atoms with Crippen molar-refractivity contribution >= 4 is 15.9 Å². The number of rotatable bonds is 5. The second-order valence-electron chi connectivity index (χ2n) is 5.80. The number of aromatic nitrogens is 2. The summed E-state index contributed by atoms with van der Waals surface area (Å²) >= 11 is 3.60. The van der Waals surface area contributed by atoms with Gasteiger partial charge in [0.1, 0.15) is 5.82 Å². The third kappa shape index (κ3) is 3.92. The molecule has 0 spiro atoms. The second kappa shape index (κ2) is 6.28. The van der Waals surface area contributed by atoms with Gasteiger partial charge in [0, 0.05) is 18.5 Å². The molecule has 0 bridgehead atoms. The SMILES string of the molecule is CCn1nc(C)c(Br)c1CC(C)(N)Cc1ccc(F)cc1. The third-order valence-corrected chi connectivity index (χ3v) is 4.58. The minimum Gasteiger partial charge on any atom is -0.325 e. The summed E-state index contributed by atoms with van der Waals surface area (Å²) in [5.74, 6) is -0.222. The molecule has 0 fully saturated rings. The van der Waals surface area contributed by atoms with E-state index in [0.717, 1.165) is 28.0 Å². The van der Waals surface area contributed by atoms with Gasteiger partial charge in [0.25, 0.3) is 0 Å². The van der Waals surface area contributed by atoms with Crippen LogP contribution in [0.1, 0.15) is 30.8 Å². The molecule has 0 aliphatic heterocycles. The molecule has 1 unspecified atom stereocenters. The van der Waals surface area contributed by atoms with Crippen LogP contribution in [0, 0.1) is 12.7 Å². The van der Waals surface area contributed by atoms with Gasteiger partial charge in [-0.05, 0) is 60.8 Å². The standard InChI is InChI=1S/C16H21BrFN3/c1-4-21-14(15(17)11(2)20-21)10-16(3,19)9-12-5-7-13(18)8-6-12/h5-8H,4,9-10,19H2,1-3H3. The average molecular weight is 354 g/mol.